The average Bonchev–Trinajstić information content (AvgIpc) is 3.00. The number of carbonyl (C=O) groups excluding carboxylic acids is 1. The molecule has 8 nitrogen and oxygen atoms in total. The highest BCUT2D eigenvalue weighted by molar-refractivity contribution is 5.96. The first-order valence-electron chi connectivity index (χ1n) is 14.1. The number of carbonyl (C=O) groups is 1. The van der Waals surface area contributed by atoms with E-state index in [0.29, 0.717) is 18.5 Å². The molecule has 4 heterocycles. The van der Waals surface area contributed by atoms with Crippen LogP contribution >= 0.6 is 0 Å². The Kier molecular flexibility index (Phi) is 7.11. The van der Waals surface area contributed by atoms with Crippen LogP contribution in [-0.2, 0) is 13.0 Å². The van der Waals surface area contributed by atoms with Crippen molar-refractivity contribution in [1.29, 1.82) is 0 Å². The number of piperazine rings is 1. The quantitative estimate of drug-likeness (QED) is 0.365. The molecule has 2 aromatic heterocycles. The third-order valence-corrected chi connectivity index (χ3v) is 8.28. The van der Waals surface area contributed by atoms with Crippen LogP contribution in [-0.4, -0.2) is 76.5 Å². The van der Waals surface area contributed by atoms with Crippen LogP contribution in [0.5, 0.6) is 5.88 Å². The fourth-order valence-corrected chi connectivity index (χ4v) is 5.92. The molecule has 2 aliphatic rings. The van der Waals surface area contributed by atoms with Gasteiger partial charge in [0.2, 0.25) is 5.88 Å². The highest BCUT2D eigenvalue weighted by atomic mass is 16.5. The zero-order valence-electron chi connectivity index (χ0n) is 23.7. The molecule has 1 amide bonds. The third-order valence-electron chi connectivity index (χ3n) is 8.28. The van der Waals surface area contributed by atoms with E-state index in [2.05, 4.69) is 64.8 Å². The molecule has 1 fully saturated rings. The van der Waals surface area contributed by atoms with Crippen molar-refractivity contribution < 1.29 is 9.53 Å². The van der Waals surface area contributed by atoms with Crippen LogP contribution in [0.2, 0.25) is 0 Å². The van der Waals surface area contributed by atoms with Gasteiger partial charge in [0.1, 0.15) is 12.1 Å². The second-order valence-electron chi connectivity index (χ2n) is 11.1. The number of methoxy groups -OCH3 is 1. The molecule has 0 radical (unpaired) electrons. The van der Waals surface area contributed by atoms with Crippen LogP contribution in [0.25, 0.3) is 22.0 Å². The number of anilines is 1. The fraction of sp³-hybridized carbons (Fsp3) is 0.375. The second kappa shape index (κ2) is 10.8. The van der Waals surface area contributed by atoms with Crippen LogP contribution in [0.1, 0.15) is 40.9 Å². The maximum atomic E-state index is 13.4. The Morgan fingerprint density at radius 1 is 0.900 bits per heavy atom. The van der Waals surface area contributed by atoms with Gasteiger partial charge in [0.05, 0.1) is 12.6 Å². The minimum Gasteiger partial charge on any atom is -0.481 e. The fourth-order valence-electron chi connectivity index (χ4n) is 5.92. The molecule has 0 spiro atoms. The molecule has 40 heavy (non-hydrogen) atoms. The summed E-state index contributed by atoms with van der Waals surface area (Å²) in [6.45, 7) is 11.5. The van der Waals surface area contributed by atoms with Gasteiger partial charge >= 0.3 is 0 Å². The summed E-state index contributed by atoms with van der Waals surface area (Å²) in [6, 6.07) is 15.0. The third kappa shape index (κ3) is 4.99. The molecule has 0 atom stereocenters. The van der Waals surface area contributed by atoms with Gasteiger partial charge in [0.15, 0.2) is 0 Å². The van der Waals surface area contributed by atoms with Gasteiger partial charge in [-0.15, -0.1) is 0 Å². The molecule has 2 aliphatic heterocycles. The van der Waals surface area contributed by atoms with E-state index in [1.54, 1.807) is 13.4 Å². The highest BCUT2D eigenvalue weighted by Crippen LogP contribution is 2.33. The molecule has 4 aromatic rings. The lowest BCUT2D eigenvalue weighted by atomic mass is 9.96. The summed E-state index contributed by atoms with van der Waals surface area (Å²) >= 11 is 0. The van der Waals surface area contributed by atoms with Crippen LogP contribution < -0.4 is 9.64 Å². The Morgan fingerprint density at radius 3 is 2.45 bits per heavy atom. The van der Waals surface area contributed by atoms with Gasteiger partial charge in [-0.2, -0.15) is 0 Å². The Hall–Kier alpha value is -4.04. The smallest absolute Gasteiger partial charge is 0.253 e. The zero-order valence-corrected chi connectivity index (χ0v) is 23.7. The predicted octanol–water partition coefficient (Wildman–Crippen LogP) is 4.74. The van der Waals surface area contributed by atoms with Crippen molar-refractivity contribution in [3.63, 3.8) is 0 Å². The number of nitrogens with zero attached hydrogens (tertiary/aromatic N) is 6. The molecule has 0 aliphatic carbocycles. The summed E-state index contributed by atoms with van der Waals surface area (Å²) in [5.41, 5.74) is 7.39. The number of rotatable bonds is 5. The van der Waals surface area contributed by atoms with E-state index in [9.17, 15) is 4.79 Å². The molecule has 0 N–H and O–H groups in total. The number of fused-ring (bicyclic) bond motifs is 2. The molecule has 2 aromatic carbocycles. The lowest BCUT2D eigenvalue weighted by Gasteiger charge is -2.37. The average molecular weight is 537 g/mol. The van der Waals surface area contributed by atoms with E-state index in [1.807, 2.05) is 29.3 Å². The van der Waals surface area contributed by atoms with E-state index in [-0.39, 0.29) is 5.91 Å². The number of benzene rings is 2. The summed E-state index contributed by atoms with van der Waals surface area (Å²) in [4.78, 5) is 33.9. The van der Waals surface area contributed by atoms with Crippen molar-refractivity contribution in [2.24, 2.45) is 0 Å². The SMILES string of the molecule is COc1ccc(-c2cc(C)c3ncnc(N4CCc5ccc(C(=O)N6CCN(C(C)C)CC6)cc5C4)c3c2)cn1. The number of amides is 1. The standard InChI is InChI=1S/C32H36N6O2/c1-21(2)36-11-13-37(14-12-36)32(39)24-6-5-23-9-10-38(19-27(23)16-24)31-28-17-26(15-22(3)30(28)34-20-35-31)25-7-8-29(40-4)33-18-25/h5-8,15-18,20-21H,9-14,19H2,1-4H3. The summed E-state index contributed by atoms with van der Waals surface area (Å²) < 4.78 is 5.23. The summed E-state index contributed by atoms with van der Waals surface area (Å²) in [6.07, 6.45) is 4.40. The van der Waals surface area contributed by atoms with Crippen LogP contribution in [0, 0.1) is 6.92 Å². The Labute approximate surface area is 235 Å². The largest absolute Gasteiger partial charge is 0.481 e. The molecule has 0 bridgehead atoms. The van der Waals surface area contributed by atoms with Gasteiger partial charge in [0.25, 0.3) is 5.91 Å². The molecule has 0 saturated carbocycles. The van der Waals surface area contributed by atoms with E-state index in [0.717, 1.165) is 78.1 Å². The molecule has 1 saturated heterocycles. The molecule has 6 rings (SSSR count). The van der Waals surface area contributed by atoms with Crippen molar-refractivity contribution >= 4 is 22.6 Å². The Bertz CT molecular complexity index is 1540. The molecule has 0 unspecified atom stereocenters. The van der Waals surface area contributed by atoms with Crippen molar-refractivity contribution in [3.05, 3.63) is 77.2 Å². The molecule has 206 valence electrons. The summed E-state index contributed by atoms with van der Waals surface area (Å²) in [7, 11) is 1.62. The Balaban J connectivity index is 1.28. The minimum absolute atomic E-state index is 0.129. The van der Waals surface area contributed by atoms with E-state index >= 15 is 0 Å². The minimum atomic E-state index is 0.129. The predicted molar refractivity (Wildman–Crippen MR) is 158 cm³/mol. The maximum absolute atomic E-state index is 13.4. The topological polar surface area (TPSA) is 74.7 Å². The van der Waals surface area contributed by atoms with E-state index < -0.39 is 0 Å². The van der Waals surface area contributed by atoms with Gasteiger partial charge in [-0.3, -0.25) is 9.69 Å². The number of aryl methyl sites for hydroxylation is 1. The van der Waals surface area contributed by atoms with E-state index in [4.69, 9.17) is 9.72 Å². The van der Waals surface area contributed by atoms with E-state index in [1.165, 1.54) is 11.1 Å². The van der Waals surface area contributed by atoms with Crippen LogP contribution in [0.4, 0.5) is 5.82 Å². The maximum Gasteiger partial charge on any atom is 0.253 e. The normalized spacial score (nSPS) is 15.9. The van der Waals surface area contributed by atoms with Crippen LogP contribution in [0.15, 0.2) is 55.0 Å². The Morgan fingerprint density at radius 2 is 1.73 bits per heavy atom. The van der Waals surface area contributed by atoms with Crippen molar-refractivity contribution in [2.45, 2.75) is 39.8 Å². The number of ether oxygens (including phenoxy) is 1. The summed E-state index contributed by atoms with van der Waals surface area (Å²) in [5.74, 6) is 1.64. The monoisotopic (exact) mass is 536 g/mol. The first-order chi connectivity index (χ1) is 19.4. The van der Waals surface area contributed by atoms with Crippen molar-refractivity contribution in [1.82, 2.24) is 24.8 Å². The first-order valence-corrected chi connectivity index (χ1v) is 14.1. The molecular formula is C32H36N6O2. The number of hydrogen-bond acceptors (Lipinski definition) is 7. The molecule has 8 heteroatoms. The number of aromatic nitrogens is 3. The van der Waals surface area contributed by atoms with Crippen molar-refractivity contribution in [2.75, 3.05) is 44.7 Å². The first kappa shape index (κ1) is 26.2. The molecular weight excluding hydrogens is 500 g/mol. The van der Waals surface area contributed by atoms with Gasteiger partial charge in [-0.05, 0) is 79.8 Å². The lowest BCUT2D eigenvalue weighted by Crippen LogP contribution is -2.50. The van der Waals surface area contributed by atoms with Gasteiger partial charge in [-0.25, -0.2) is 15.0 Å². The number of pyridine rings is 1. The van der Waals surface area contributed by atoms with Gasteiger partial charge in [-0.1, -0.05) is 6.07 Å². The second-order valence-corrected chi connectivity index (χ2v) is 11.1. The van der Waals surface area contributed by atoms with Crippen molar-refractivity contribution in [3.8, 4) is 17.0 Å². The lowest BCUT2D eigenvalue weighted by molar-refractivity contribution is 0.0595. The summed E-state index contributed by atoms with van der Waals surface area (Å²) in [5, 5.41) is 1.02. The number of hydrogen-bond donors (Lipinski definition) is 0. The van der Waals surface area contributed by atoms with Crippen LogP contribution in [0.3, 0.4) is 0 Å². The highest BCUT2D eigenvalue weighted by Gasteiger charge is 2.26. The zero-order chi connectivity index (χ0) is 27.8. The van der Waals surface area contributed by atoms with Gasteiger partial charge in [0, 0.05) is 74.1 Å². The van der Waals surface area contributed by atoms with Gasteiger partial charge < -0.3 is 14.5 Å².